The Kier molecular flexibility index (Phi) is 4.61. The SMILES string of the molecule is Cc1cc(CN2OCC(C)(C)C2=O)c(C)cc1CN1OCC(C)(C)C1=O. The highest BCUT2D eigenvalue weighted by atomic mass is 16.7. The van der Waals surface area contributed by atoms with Crippen LogP contribution in [-0.2, 0) is 32.4 Å². The Balaban J connectivity index is 1.75. The molecule has 3 rings (SSSR count). The molecule has 0 N–H and O–H groups in total. The topological polar surface area (TPSA) is 59.1 Å². The zero-order valence-corrected chi connectivity index (χ0v) is 16.5. The zero-order valence-electron chi connectivity index (χ0n) is 16.5. The van der Waals surface area contributed by atoms with E-state index in [1.807, 2.05) is 41.5 Å². The number of carbonyl (C=O) groups is 2. The van der Waals surface area contributed by atoms with E-state index in [1.54, 1.807) is 0 Å². The third-order valence-electron chi connectivity index (χ3n) is 5.20. The van der Waals surface area contributed by atoms with E-state index >= 15 is 0 Å². The van der Waals surface area contributed by atoms with Gasteiger partial charge in [0.25, 0.3) is 11.8 Å². The van der Waals surface area contributed by atoms with Crippen LogP contribution in [0.3, 0.4) is 0 Å². The van der Waals surface area contributed by atoms with Crippen molar-refractivity contribution < 1.29 is 19.3 Å². The van der Waals surface area contributed by atoms with Gasteiger partial charge in [-0.3, -0.25) is 19.3 Å². The van der Waals surface area contributed by atoms with Gasteiger partial charge >= 0.3 is 0 Å². The van der Waals surface area contributed by atoms with Gasteiger partial charge in [-0.15, -0.1) is 0 Å². The molecule has 1 aromatic carbocycles. The van der Waals surface area contributed by atoms with E-state index in [-0.39, 0.29) is 11.8 Å². The lowest BCUT2D eigenvalue weighted by Gasteiger charge is -2.21. The summed E-state index contributed by atoms with van der Waals surface area (Å²) in [6.45, 7) is 13.3. The Morgan fingerprint density at radius 1 is 0.808 bits per heavy atom. The van der Waals surface area contributed by atoms with Crippen LogP contribution in [0.25, 0.3) is 0 Å². The fraction of sp³-hybridized carbons (Fsp3) is 0.600. The number of hydroxylamine groups is 4. The Morgan fingerprint density at radius 3 is 1.42 bits per heavy atom. The summed E-state index contributed by atoms with van der Waals surface area (Å²) in [5, 5.41) is 2.91. The second-order valence-corrected chi connectivity index (χ2v) is 8.70. The van der Waals surface area contributed by atoms with E-state index in [0.29, 0.717) is 26.3 Å². The predicted octanol–water partition coefficient (Wildman–Crippen LogP) is 2.90. The molecule has 1 aromatic rings. The molecule has 26 heavy (non-hydrogen) atoms. The monoisotopic (exact) mass is 360 g/mol. The maximum atomic E-state index is 12.4. The molecule has 2 fully saturated rings. The van der Waals surface area contributed by atoms with Gasteiger partial charge in [0.1, 0.15) is 0 Å². The molecule has 0 aromatic heterocycles. The van der Waals surface area contributed by atoms with Crippen molar-refractivity contribution in [3.8, 4) is 0 Å². The van der Waals surface area contributed by atoms with Crippen molar-refractivity contribution >= 4 is 11.8 Å². The van der Waals surface area contributed by atoms with Gasteiger partial charge in [0, 0.05) is 0 Å². The van der Waals surface area contributed by atoms with Crippen molar-refractivity contribution in [3.63, 3.8) is 0 Å². The van der Waals surface area contributed by atoms with Crippen molar-refractivity contribution in [3.05, 3.63) is 34.4 Å². The summed E-state index contributed by atoms with van der Waals surface area (Å²) in [5.41, 5.74) is 3.29. The molecule has 0 aliphatic carbocycles. The predicted molar refractivity (Wildman–Crippen MR) is 96.5 cm³/mol. The van der Waals surface area contributed by atoms with E-state index in [9.17, 15) is 9.59 Å². The first kappa shape index (κ1) is 18.9. The summed E-state index contributed by atoms with van der Waals surface area (Å²) < 4.78 is 0. The van der Waals surface area contributed by atoms with Gasteiger partial charge < -0.3 is 0 Å². The zero-order chi connectivity index (χ0) is 19.3. The van der Waals surface area contributed by atoms with Crippen LogP contribution >= 0.6 is 0 Å². The standard InChI is InChI=1S/C20H28N2O4/c1-13-7-16(10-22-18(24)20(5,6)12-26-22)14(2)8-15(13)9-21-17(23)19(3,4)11-25-21/h7-8H,9-12H2,1-6H3. The third-order valence-corrected chi connectivity index (χ3v) is 5.20. The summed E-state index contributed by atoms with van der Waals surface area (Å²) in [4.78, 5) is 35.9. The molecule has 6 nitrogen and oxygen atoms in total. The first-order valence-corrected chi connectivity index (χ1v) is 9.00. The lowest BCUT2D eigenvalue weighted by molar-refractivity contribution is -0.165. The molecule has 2 amide bonds. The summed E-state index contributed by atoms with van der Waals surface area (Å²) >= 11 is 0. The Labute approximate surface area is 155 Å². The molecule has 0 saturated carbocycles. The smallest absolute Gasteiger partial charge is 0.254 e. The van der Waals surface area contributed by atoms with Crippen molar-refractivity contribution in [2.75, 3.05) is 13.2 Å². The van der Waals surface area contributed by atoms with Gasteiger partial charge in [-0.1, -0.05) is 12.1 Å². The van der Waals surface area contributed by atoms with Gasteiger partial charge in [-0.25, -0.2) is 10.1 Å². The van der Waals surface area contributed by atoms with Crippen LogP contribution in [0.4, 0.5) is 0 Å². The molecule has 6 heteroatoms. The van der Waals surface area contributed by atoms with Crippen molar-refractivity contribution in [1.29, 1.82) is 0 Å². The van der Waals surface area contributed by atoms with Crippen LogP contribution < -0.4 is 0 Å². The van der Waals surface area contributed by atoms with Crippen molar-refractivity contribution in [2.24, 2.45) is 10.8 Å². The highest BCUT2D eigenvalue weighted by molar-refractivity contribution is 5.83. The largest absolute Gasteiger partial charge is 0.272 e. The first-order valence-electron chi connectivity index (χ1n) is 9.00. The molecule has 2 aliphatic rings. The van der Waals surface area contributed by atoms with Crippen LogP contribution in [0.1, 0.15) is 49.9 Å². The quantitative estimate of drug-likeness (QED) is 0.828. The fourth-order valence-electron chi connectivity index (χ4n) is 3.22. The normalized spacial score (nSPS) is 21.8. The summed E-state index contributed by atoms with van der Waals surface area (Å²) in [7, 11) is 0. The van der Waals surface area contributed by atoms with Crippen LogP contribution in [0, 0.1) is 24.7 Å². The van der Waals surface area contributed by atoms with Crippen LogP contribution in [0.15, 0.2) is 12.1 Å². The third kappa shape index (κ3) is 3.35. The number of aryl methyl sites for hydroxylation is 2. The van der Waals surface area contributed by atoms with E-state index < -0.39 is 10.8 Å². The van der Waals surface area contributed by atoms with Crippen molar-refractivity contribution in [2.45, 2.75) is 54.6 Å². The fourth-order valence-corrected chi connectivity index (χ4v) is 3.22. The lowest BCUT2D eigenvalue weighted by atomic mass is 9.94. The molecule has 0 radical (unpaired) electrons. The molecule has 2 heterocycles. The highest BCUT2D eigenvalue weighted by Gasteiger charge is 2.41. The van der Waals surface area contributed by atoms with Gasteiger partial charge in [0.2, 0.25) is 0 Å². The first-order chi connectivity index (χ1) is 12.0. The molecular formula is C20H28N2O4. The van der Waals surface area contributed by atoms with E-state index in [0.717, 1.165) is 22.3 Å². The number of rotatable bonds is 4. The highest BCUT2D eigenvalue weighted by Crippen LogP contribution is 2.31. The average molecular weight is 360 g/mol. The molecule has 0 bridgehead atoms. The minimum absolute atomic E-state index is 0.0110. The van der Waals surface area contributed by atoms with Crippen LogP contribution in [-0.4, -0.2) is 35.2 Å². The summed E-state index contributed by atoms with van der Waals surface area (Å²) in [5.74, 6) is 0.0221. The number of amides is 2. The molecule has 0 atom stereocenters. The van der Waals surface area contributed by atoms with Crippen molar-refractivity contribution in [1.82, 2.24) is 10.1 Å². The number of hydrogen-bond acceptors (Lipinski definition) is 4. The van der Waals surface area contributed by atoms with Crippen LogP contribution in [0.5, 0.6) is 0 Å². The van der Waals surface area contributed by atoms with E-state index in [4.69, 9.17) is 9.68 Å². The maximum absolute atomic E-state index is 12.4. The second-order valence-electron chi connectivity index (χ2n) is 8.70. The number of nitrogens with zero attached hydrogens (tertiary/aromatic N) is 2. The van der Waals surface area contributed by atoms with Gasteiger partial charge in [-0.05, 0) is 63.8 Å². The van der Waals surface area contributed by atoms with Crippen LogP contribution in [0.2, 0.25) is 0 Å². The molecule has 0 unspecified atom stereocenters. The van der Waals surface area contributed by atoms with E-state index in [1.165, 1.54) is 10.1 Å². The molecular weight excluding hydrogens is 332 g/mol. The number of benzene rings is 1. The lowest BCUT2D eigenvalue weighted by Crippen LogP contribution is -2.31. The molecule has 2 aliphatic heterocycles. The Bertz CT molecular complexity index is 691. The summed E-state index contributed by atoms with van der Waals surface area (Å²) in [6, 6.07) is 4.14. The van der Waals surface area contributed by atoms with Gasteiger partial charge in [0.15, 0.2) is 0 Å². The second kappa shape index (κ2) is 6.35. The number of carbonyl (C=O) groups excluding carboxylic acids is 2. The van der Waals surface area contributed by atoms with Gasteiger partial charge in [-0.2, -0.15) is 0 Å². The minimum Gasteiger partial charge on any atom is -0.272 e. The molecule has 142 valence electrons. The molecule has 0 spiro atoms. The van der Waals surface area contributed by atoms with E-state index in [2.05, 4.69) is 12.1 Å². The minimum atomic E-state index is -0.469. The maximum Gasteiger partial charge on any atom is 0.254 e. The molecule has 2 saturated heterocycles. The van der Waals surface area contributed by atoms with Gasteiger partial charge in [0.05, 0.1) is 37.1 Å². The Hall–Kier alpha value is -1.92. The number of hydrogen-bond donors (Lipinski definition) is 0. The average Bonchev–Trinajstić information content (AvgIpc) is 2.95. The summed E-state index contributed by atoms with van der Waals surface area (Å²) in [6.07, 6.45) is 0. The Morgan fingerprint density at radius 2 is 1.15 bits per heavy atom.